The van der Waals surface area contributed by atoms with Crippen LogP contribution in [0.2, 0.25) is 0 Å². The van der Waals surface area contributed by atoms with Gasteiger partial charge < -0.3 is 91.8 Å². The molecular weight excluding hydrogens is 1080 g/mol. The van der Waals surface area contributed by atoms with Gasteiger partial charge in [-0.05, 0) is 101 Å². The molecule has 2 aromatic rings. The van der Waals surface area contributed by atoms with E-state index < -0.39 is 157 Å². The summed E-state index contributed by atoms with van der Waals surface area (Å²) in [5, 5.41) is 49.4. The first-order valence-corrected chi connectivity index (χ1v) is 29.3. The van der Waals surface area contributed by atoms with Crippen LogP contribution in [0.15, 0.2) is 30.4 Å². The number of hydrogen-bond donors (Lipinski definition) is 4. The van der Waals surface area contributed by atoms with Crippen LogP contribution in [0.4, 0.5) is 0 Å². The van der Waals surface area contributed by atoms with E-state index in [1.54, 1.807) is 26.8 Å². The Morgan fingerprint density at radius 1 is 0.614 bits per heavy atom. The molecule has 0 spiro atoms. The minimum Gasteiger partial charge on any atom is -0.507 e. The van der Waals surface area contributed by atoms with E-state index in [1.807, 2.05) is 65.7 Å². The molecule has 0 bridgehead atoms. The SMILES string of the molecule is CC[C@@]1(O)C[C@H](OC2CC(N(C)C)C(OC3CC4OC5CC(=O)C(C)OC5OC4C(C)O3)C(C)O2)c2c(O)c3c(c(O)c2[C@H]1OC1CC(N(C)C)C(OC2CCC(OC4C=CC(=O)C(C)O4)C(C)O2)C(C)O1)C(=O)c1cccc(O)c1C3=O. The number of benzene rings is 2. The molecule has 0 radical (unpaired) electrons. The van der Waals surface area contributed by atoms with Crippen molar-refractivity contribution in [2.24, 2.45) is 0 Å². The summed E-state index contributed by atoms with van der Waals surface area (Å²) in [6, 6.07) is 3.30. The van der Waals surface area contributed by atoms with Crippen LogP contribution in [-0.2, 0) is 71.2 Å². The van der Waals surface area contributed by atoms with Gasteiger partial charge in [0, 0.05) is 67.3 Å². The Labute approximate surface area is 482 Å². The highest BCUT2D eigenvalue weighted by atomic mass is 16.8. The zero-order valence-electron chi connectivity index (χ0n) is 48.9. The molecule has 11 rings (SSSR count). The predicted octanol–water partition coefficient (Wildman–Crippen LogP) is 4.91. The largest absolute Gasteiger partial charge is 0.507 e. The number of phenols is 3. The van der Waals surface area contributed by atoms with Crippen molar-refractivity contribution in [3.63, 3.8) is 0 Å². The summed E-state index contributed by atoms with van der Waals surface area (Å²) in [6.07, 6.45) is -9.03. The van der Waals surface area contributed by atoms with Gasteiger partial charge >= 0.3 is 0 Å². The number of aromatic hydroxyl groups is 3. The molecule has 2 aromatic carbocycles. The molecule has 4 N–H and O–H groups in total. The van der Waals surface area contributed by atoms with Crippen molar-refractivity contribution in [2.45, 2.75) is 241 Å². The summed E-state index contributed by atoms with van der Waals surface area (Å²) in [4.78, 5) is 57.6. The van der Waals surface area contributed by atoms with Crippen LogP contribution in [0.3, 0.4) is 0 Å². The second-order valence-corrected chi connectivity index (χ2v) is 24.3. The maximum Gasteiger partial charge on any atom is 0.202 e. The molecule has 23 atom stereocenters. The molecule has 23 nitrogen and oxygen atoms in total. The van der Waals surface area contributed by atoms with Crippen LogP contribution in [0, 0.1) is 0 Å². The van der Waals surface area contributed by atoms with Crippen molar-refractivity contribution in [2.75, 3.05) is 28.2 Å². The monoisotopic (exact) mass is 1160 g/mol. The Hall–Kier alpha value is -4.38. The fourth-order valence-corrected chi connectivity index (χ4v) is 13.7. The van der Waals surface area contributed by atoms with Gasteiger partial charge in [0.1, 0.15) is 60.0 Å². The van der Waals surface area contributed by atoms with Gasteiger partial charge in [0.25, 0.3) is 0 Å². The molecule has 6 fully saturated rings. The first-order chi connectivity index (χ1) is 39.4. The van der Waals surface area contributed by atoms with Crippen molar-refractivity contribution in [3.8, 4) is 17.2 Å². The van der Waals surface area contributed by atoms with Crippen molar-refractivity contribution >= 4 is 23.1 Å². The lowest BCUT2D eigenvalue weighted by atomic mass is 9.70. The Balaban J connectivity index is 0.845. The minimum atomic E-state index is -1.88. The average molecular weight is 1170 g/mol. The number of aliphatic hydroxyl groups is 1. The number of carbonyl (C=O) groups is 4. The summed E-state index contributed by atoms with van der Waals surface area (Å²) in [5.41, 5.74) is -3.72. The smallest absolute Gasteiger partial charge is 0.202 e. The lowest BCUT2D eigenvalue weighted by molar-refractivity contribution is -0.371. The summed E-state index contributed by atoms with van der Waals surface area (Å²) in [6.45, 7) is 12.6. The maximum absolute atomic E-state index is 14.6. The van der Waals surface area contributed by atoms with E-state index in [9.17, 15) is 39.6 Å². The van der Waals surface area contributed by atoms with Crippen molar-refractivity contribution in [3.05, 3.63) is 63.7 Å². The Kier molecular flexibility index (Phi) is 17.2. The molecule has 0 aromatic heterocycles. The topological polar surface area (TPSA) is 276 Å². The first-order valence-electron chi connectivity index (χ1n) is 29.3. The molecule has 6 saturated heterocycles. The third-order valence-electron chi connectivity index (χ3n) is 18.3. The van der Waals surface area contributed by atoms with Gasteiger partial charge in [-0.1, -0.05) is 19.1 Å². The van der Waals surface area contributed by atoms with Crippen molar-refractivity contribution in [1.29, 1.82) is 0 Å². The molecule has 2 aliphatic carbocycles. The van der Waals surface area contributed by atoms with E-state index in [0.29, 0.717) is 19.3 Å². The van der Waals surface area contributed by atoms with Crippen molar-refractivity contribution in [1.82, 2.24) is 9.80 Å². The van der Waals surface area contributed by atoms with Gasteiger partial charge in [-0.25, -0.2) is 0 Å². The number of fused-ring (bicyclic) bond motifs is 5. The lowest BCUT2D eigenvalue weighted by Gasteiger charge is -2.51. The van der Waals surface area contributed by atoms with Crippen LogP contribution in [-0.4, -0.2) is 210 Å². The molecule has 7 heterocycles. The number of phenolic OH excluding ortho intramolecular Hbond substituents is 3. The number of rotatable bonds is 13. The van der Waals surface area contributed by atoms with E-state index in [4.69, 9.17) is 61.6 Å². The van der Waals surface area contributed by atoms with Gasteiger partial charge in [0.05, 0.1) is 65.0 Å². The van der Waals surface area contributed by atoms with Gasteiger partial charge in [0.15, 0.2) is 55.1 Å². The quantitative estimate of drug-likeness (QED) is 0.166. The molecule has 83 heavy (non-hydrogen) atoms. The summed E-state index contributed by atoms with van der Waals surface area (Å²) >= 11 is 0. The second kappa shape index (κ2) is 23.7. The fraction of sp³-hybridized carbons (Fsp3) is 0.700. The molecule has 456 valence electrons. The number of hydrogen-bond acceptors (Lipinski definition) is 23. The summed E-state index contributed by atoms with van der Waals surface area (Å²) < 4.78 is 83.8. The van der Waals surface area contributed by atoms with E-state index in [2.05, 4.69) is 0 Å². The standard InChI is InChI=1S/C60H80N2O21/c1-12-60(70)24-40(79-43-20-32(61(8)9)56(29(6)73-43)81-45-23-38-57(30(7)75-45)83-59-39(77-38)22-36(65)26(3)76-59)47-50(54(69)48-49(53(47)68)52(67)46-31(51(48)66)14-13-15-35(46)64)58(60)82-44-21-33(62(10)11)55(28(5)74-44)80-42-19-17-37(27(4)72-42)78-41-18-16-34(63)25(2)71-41/h13-16,18,25-30,32-33,37-45,55-59,64,68-70H,12,17,19-24H2,1-11H3/t25?,26?,27?,28?,29?,30?,32?,33?,37?,38?,39?,40-,41?,42?,43?,44?,45?,55?,56?,57?,58+,59?,60+/m0/s1. The number of ether oxygens (including phenoxy) is 13. The van der Waals surface area contributed by atoms with E-state index >= 15 is 0 Å². The van der Waals surface area contributed by atoms with E-state index in [1.165, 1.54) is 24.3 Å². The minimum absolute atomic E-state index is 0.0175. The number of likely N-dealkylation sites (N-methyl/N-ethyl adjacent to an activating group) is 2. The summed E-state index contributed by atoms with van der Waals surface area (Å²) in [5.74, 6) is -3.80. The third kappa shape index (κ3) is 11.4. The van der Waals surface area contributed by atoms with Gasteiger partial charge in [0.2, 0.25) is 5.78 Å². The van der Waals surface area contributed by atoms with Crippen LogP contribution in [0.25, 0.3) is 0 Å². The number of ketones is 4. The zero-order chi connectivity index (χ0) is 59.2. The van der Waals surface area contributed by atoms with Gasteiger partial charge in [-0.15, -0.1) is 0 Å². The van der Waals surface area contributed by atoms with Crippen molar-refractivity contribution < 1.29 is 101 Å². The highest BCUT2D eigenvalue weighted by Gasteiger charge is 2.56. The molecular formula is C60H80N2O21. The normalized spacial score (nSPS) is 41.8. The third-order valence-corrected chi connectivity index (χ3v) is 18.3. The predicted molar refractivity (Wildman–Crippen MR) is 288 cm³/mol. The highest BCUT2D eigenvalue weighted by molar-refractivity contribution is 6.31. The average Bonchev–Trinajstić information content (AvgIpc) is 1.62. The first kappa shape index (κ1) is 60.3. The van der Waals surface area contributed by atoms with E-state index in [-0.39, 0.29) is 90.2 Å². The molecule has 7 aliphatic heterocycles. The molecule has 20 unspecified atom stereocenters. The lowest BCUT2D eigenvalue weighted by Crippen LogP contribution is -2.62. The number of Topliss-reactive ketones (excluding diaryl/α,β-unsaturated/α-hetero) is 1. The van der Waals surface area contributed by atoms with E-state index in [0.717, 1.165) is 0 Å². The molecule has 0 saturated carbocycles. The van der Waals surface area contributed by atoms with Crippen LogP contribution in [0.5, 0.6) is 17.2 Å². The van der Waals surface area contributed by atoms with Gasteiger partial charge in [-0.2, -0.15) is 0 Å². The Morgan fingerprint density at radius 3 is 1.88 bits per heavy atom. The second-order valence-electron chi connectivity index (χ2n) is 24.3. The number of nitrogens with zero attached hydrogens (tertiary/aromatic N) is 2. The zero-order valence-corrected chi connectivity index (χ0v) is 48.9. The molecule has 9 aliphatic rings. The van der Waals surface area contributed by atoms with Crippen LogP contribution < -0.4 is 0 Å². The Morgan fingerprint density at radius 2 is 1.23 bits per heavy atom. The molecule has 0 amide bonds. The van der Waals surface area contributed by atoms with Gasteiger partial charge in [-0.3, -0.25) is 19.2 Å². The Bertz CT molecular complexity index is 2830. The maximum atomic E-state index is 14.6. The molecule has 23 heteroatoms. The number of carbonyl (C=O) groups excluding carboxylic acids is 4. The highest BCUT2D eigenvalue weighted by Crippen LogP contribution is 2.58. The van der Waals surface area contributed by atoms with Crippen LogP contribution >= 0.6 is 0 Å². The summed E-state index contributed by atoms with van der Waals surface area (Å²) in [7, 11) is 7.59. The van der Waals surface area contributed by atoms with Crippen LogP contribution in [0.1, 0.15) is 155 Å². The fourth-order valence-electron chi connectivity index (χ4n) is 13.7.